The van der Waals surface area contributed by atoms with Crippen molar-refractivity contribution in [1.82, 2.24) is 5.32 Å². The van der Waals surface area contributed by atoms with Crippen molar-refractivity contribution in [3.8, 4) is 0 Å². The summed E-state index contributed by atoms with van der Waals surface area (Å²) in [5.74, 6) is -1.95. The number of carbonyl (C=O) groups excluding carboxylic acids is 1. The fourth-order valence-electron chi connectivity index (χ4n) is 2.44. The molecule has 2 atom stereocenters. The van der Waals surface area contributed by atoms with Crippen LogP contribution in [0.5, 0.6) is 0 Å². The normalized spacial score (nSPS) is 21.7. The van der Waals surface area contributed by atoms with E-state index in [9.17, 15) is 13.6 Å². The van der Waals surface area contributed by atoms with Gasteiger partial charge in [0.05, 0.1) is 23.6 Å². The Morgan fingerprint density at radius 2 is 2.19 bits per heavy atom. The number of halogens is 3. The van der Waals surface area contributed by atoms with Crippen LogP contribution in [0.25, 0.3) is 0 Å². The second kappa shape index (κ2) is 7.42. The van der Waals surface area contributed by atoms with Gasteiger partial charge in [-0.25, -0.2) is 8.78 Å². The number of rotatable bonds is 6. The molecule has 6 heteroatoms. The molecule has 0 bridgehead atoms. The third-order valence-corrected chi connectivity index (χ3v) is 4.25. The van der Waals surface area contributed by atoms with Gasteiger partial charge in [0, 0.05) is 18.0 Å². The number of Topliss-reactive ketones (excluding diaryl/α,β-unsaturated/α-hetero) is 1. The lowest BCUT2D eigenvalue weighted by Crippen LogP contribution is -2.40. The molecule has 1 aromatic rings. The summed E-state index contributed by atoms with van der Waals surface area (Å²) in [5.41, 5.74) is -0.185. The van der Waals surface area contributed by atoms with Crippen LogP contribution in [0.2, 0.25) is 0 Å². The molecule has 1 aliphatic heterocycles. The van der Waals surface area contributed by atoms with E-state index in [0.717, 1.165) is 19.0 Å². The fourth-order valence-corrected chi connectivity index (χ4v) is 2.81. The van der Waals surface area contributed by atoms with Gasteiger partial charge in [0.25, 0.3) is 0 Å². The van der Waals surface area contributed by atoms with E-state index in [4.69, 9.17) is 4.74 Å². The summed E-state index contributed by atoms with van der Waals surface area (Å²) in [6.45, 7) is 3.58. The molecule has 0 saturated carbocycles. The number of hydrogen-bond acceptors (Lipinski definition) is 3. The lowest BCUT2D eigenvalue weighted by atomic mass is 9.93. The van der Waals surface area contributed by atoms with Crippen molar-refractivity contribution >= 4 is 21.7 Å². The van der Waals surface area contributed by atoms with E-state index in [-0.39, 0.29) is 34.2 Å². The molecule has 2 unspecified atom stereocenters. The maximum absolute atomic E-state index is 13.9. The topological polar surface area (TPSA) is 38.3 Å². The Balaban J connectivity index is 2.09. The van der Waals surface area contributed by atoms with E-state index in [0.29, 0.717) is 13.2 Å². The summed E-state index contributed by atoms with van der Waals surface area (Å²) >= 11 is 3.01. The highest BCUT2D eigenvalue weighted by molar-refractivity contribution is 9.10. The van der Waals surface area contributed by atoms with Gasteiger partial charge in [-0.15, -0.1) is 0 Å². The Hall–Kier alpha value is -0.850. The molecule has 1 fully saturated rings. The highest BCUT2D eigenvalue weighted by Gasteiger charge is 2.34. The Labute approximate surface area is 131 Å². The van der Waals surface area contributed by atoms with Gasteiger partial charge in [-0.1, -0.05) is 6.92 Å². The second-order valence-electron chi connectivity index (χ2n) is 5.17. The summed E-state index contributed by atoms with van der Waals surface area (Å²) in [4.78, 5) is 12.3. The SMILES string of the molecule is CCCNC1COCC1C(=O)Cc1c(F)ccc(Br)c1F. The van der Waals surface area contributed by atoms with Crippen molar-refractivity contribution in [1.29, 1.82) is 0 Å². The molecule has 1 heterocycles. The lowest BCUT2D eigenvalue weighted by molar-refractivity contribution is -0.122. The molecule has 21 heavy (non-hydrogen) atoms. The molecule has 0 aromatic heterocycles. The number of nitrogens with one attached hydrogen (secondary N) is 1. The number of ketones is 1. The monoisotopic (exact) mass is 361 g/mol. The van der Waals surface area contributed by atoms with Crippen LogP contribution in [-0.4, -0.2) is 31.6 Å². The average Bonchev–Trinajstić information content (AvgIpc) is 2.93. The molecule has 116 valence electrons. The van der Waals surface area contributed by atoms with Gasteiger partial charge < -0.3 is 10.1 Å². The first-order chi connectivity index (χ1) is 10.0. The predicted molar refractivity (Wildman–Crippen MR) is 79.2 cm³/mol. The van der Waals surface area contributed by atoms with E-state index in [1.165, 1.54) is 6.07 Å². The highest BCUT2D eigenvalue weighted by Crippen LogP contribution is 2.24. The van der Waals surface area contributed by atoms with E-state index >= 15 is 0 Å². The molecule has 1 aromatic carbocycles. The number of benzene rings is 1. The Morgan fingerprint density at radius 3 is 2.90 bits per heavy atom. The van der Waals surface area contributed by atoms with E-state index < -0.39 is 11.6 Å². The van der Waals surface area contributed by atoms with Crippen LogP contribution < -0.4 is 5.32 Å². The first-order valence-corrected chi connectivity index (χ1v) is 7.80. The molecule has 2 rings (SSSR count). The van der Waals surface area contributed by atoms with Gasteiger partial charge in [0.2, 0.25) is 0 Å². The Morgan fingerprint density at radius 1 is 1.43 bits per heavy atom. The molecule has 0 aliphatic carbocycles. The molecule has 3 nitrogen and oxygen atoms in total. The molecule has 0 radical (unpaired) electrons. The minimum Gasteiger partial charge on any atom is -0.379 e. The van der Waals surface area contributed by atoms with Crippen LogP contribution in [0.1, 0.15) is 18.9 Å². The standard InChI is InChI=1S/C15H18BrF2NO2/c1-2-5-19-13-8-21-7-10(13)14(20)6-9-12(17)4-3-11(16)15(9)18/h3-4,10,13,19H,2,5-8H2,1H3. The zero-order valence-corrected chi connectivity index (χ0v) is 13.4. The van der Waals surface area contributed by atoms with Crippen LogP contribution in [0.4, 0.5) is 8.78 Å². The minimum atomic E-state index is -0.708. The average molecular weight is 362 g/mol. The Kier molecular flexibility index (Phi) is 5.84. The molecule has 1 aliphatic rings. The van der Waals surface area contributed by atoms with E-state index in [2.05, 4.69) is 21.2 Å². The van der Waals surface area contributed by atoms with Crippen molar-refractivity contribution in [3.05, 3.63) is 33.8 Å². The van der Waals surface area contributed by atoms with Crippen molar-refractivity contribution in [3.63, 3.8) is 0 Å². The molecule has 1 N–H and O–H groups in total. The molecule has 1 saturated heterocycles. The van der Waals surface area contributed by atoms with Gasteiger partial charge in [0.15, 0.2) is 0 Å². The summed E-state index contributed by atoms with van der Waals surface area (Å²) in [6.07, 6.45) is 0.696. The third-order valence-electron chi connectivity index (χ3n) is 3.64. The Bertz CT molecular complexity index is 525. The summed E-state index contributed by atoms with van der Waals surface area (Å²) in [5, 5.41) is 3.25. The number of carbonyl (C=O) groups is 1. The summed E-state index contributed by atoms with van der Waals surface area (Å²) in [6, 6.07) is 2.38. The van der Waals surface area contributed by atoms with Gasteiger partial charge in [-0.2, -0.15) is 0 Å². The first kappa shape index (κ1) is 16.5. The van der Waals surface area contributed by atoms with Crippen molar-refractivity contribution < 1.29 is 18.3 Å². The van der Waals surface area contributed by atoms with Crippen LogP contribution in [-0.2, 0) is 16.0 Å². The minimum absolute atomic E-state index is 0.0734. The first-order valence-electron chi connectivity index (χ1n) is 7.00. The molecule has 0 amide bonds. The lowest BCUT2D eigenvalue weighted by Gasteiger charge is -2.18. The van der Waals surface area contributed by atoms with Crippen LogP contribution in [0.3, 0.4) is 0 Å². The van der Waals surface area contributed by atoms with Gasteiger partial charge in [0.1, 0.15) is 17.4 Å². The predicted octanol–water partition coefficient (Wildman–Crippen LogP) is 2.85. The molecule has 0 spiro atoms. The van der Waals surface area contributed by atoms with Gasteiger partial charge in [-0.05, 0) is 41.0 Å². The van der Waals surface area contributed by atoms with Gasteiger partial charge in [-0.3, -0.25) is 4.79 Å². The van der Waals surface area contributed by atoms with Crippen LogP contribution in [0, 0.1) is 17.6 Å². The van der Waals surface area contributed by atoms with Crippen molar-refractivity contribution in [2.45, 2.75) is 25.8 Å². The number of hydrogen-bond donors (Lipinski definition) is 1. The van der Waals surface area contributed by atoms with Crippen LogP contribution >= 0.6 is 15.9 Å². The maximum Gasteiger partial charge on any atom is 0.144 e. The number of ether oxygens (including phenoxy) is 1. The highest BCUT2D eigenvalue weighted by atomic mass is 79.9. The third kappa shape index (κ3) is 3.87. The zero-order valence-electron chi connectivity index (χ0n) is 11.8. The van der Waals surface area contributed by atoms with E-state index in [1.54, 1.807) is 0 Å². The van der Waals surface area contributed by atoms with Crippen molar-refractivity contribution in [2.24, 2.45) is 5.92 Å². The summed E-state index contributed by atoms with van der Waals surface area (Å²) in [7, 11) is 0. The van der Waals surface area contributed by atoms with E-state index in [1.807, 2.05) is 6.92 Å². The van der Waals surface area contributed by atoms with Crippen molar-refractivity contribution in [2.75, 3.05) is 19.8 Å². The smallest absolute Gasteiger partial charge is 0.144 e. The fraction of sp³-hybridized carbons (Fsp3) is 0.533. The zero-order chi connectivity index (χ0) is 15.4. The maximum atomic E-state index is 13.9. The quantitative estimate of drug-likeness (QED) is 0.791. The molecular weight excluding hydrogens is 344 g/mol. The van der Waals surface area contributed by atoms with Gasteiger partial charge >= 0.3 is 0 Å². The largest absolute Gasteiger partial charge is 0.379 e. The molecular formula is C15H18BrF2NO2. The summed E-state index contributed by atoms with van der Waals surface area (Å²) < 4.78 is 33.1. The second-order valence-corrected chi connectivity index (χ2v) is 6.02. The van der Waals surface area contributed by atoms with Crippen LogP contribution in [0.15, 0.2) is 16.6 Å².